The molecule has 0 aromatic heterocycles. The molecule has 0 aliphatic heterocycles. The first-order valence-electron chi connectivity index (χ1n) is 5.97. The summed E-state index contributed by atoms with van der Waals surface area (Å²) >= 11 is 11.8. The van der Waals surface area contributed by atoms with Crippen LogP contribution >= 0.6 is 23.2 Å². The SMILES string of the molecule is Cc1cc(C)c(C(=O)c2ccc(Cl)c(Cl)c2)c(C)c1. The second kappa shape index (κ2) is 5.36. The Morgan fingerprint density at radius 2 is 1.47 bits per heavy atom. The Labute approximate surface area is 123 Å². The minimum absolute atomic E-state index is 0.0198. The molecular weight excluding hydrogens is 279 g/mol. The minimum atomic E-state index is -0.0198. The van der Waals surface area contributed by atoms with Crippen LogP contribution in [0.5, 0.6) is 0 Å². The van der Waals surface area contributed by atoms with E-state index in [1.807, 2.05) is 32.9 Å². The number of ketones is 1. The van der Waals surface area contributed by atoms with Crippen molar-refractivity contribution in [1.82, 2.24) is 0 Å². The fraction of sp³-hybridized carbons (Fsp3) is 0.188. The fourth-order valence-corrected chi connectivity index (χ4v) is 2.62. The van der Waals surface area contributed by atoms with E-state index in [4.69, 9.17) is 23.2 Å². The highest BCUT2D eigenvalue weighted by Gasteiger charge is 2.15. The van der Waals surface area contributed by atoms with Crippen LogP contribution in [0.15, 0.2) is 30.3 Å². The summed E-state index contributed by atoms with van der Waals surface area (Å²) in [6.45, 7) is 5.92. The summed E-state index contributed by atoms with van der Waals surface area (Å²) in [6.07, 6.45) is 0. The summed E-state index contributed by atoms with van der Waals surface area (Å²) in [7, 11) is 0. The number of carbonyl (C=O) groups excluding carboxylic acids is 1. The standard InChI is InChI=1S/C16H14Cl2O/c1-9-6-10(2)15(11(3)7-9)16(19)12-4-5-13(17)14(18)8-12/h4-8H,1-3H3. The van der Waals surface area contributed by atoms with E-state index in [9.17, 15) is 4.79 Å². The van der Waals surface area contributed by atoms with Crippen LogP contribution in [0.2, 0.25) is 10.0 Å². The van der Waals surface area contributed by atoms with Crippen molar-refractivity contribution in [1.29, 1.82) is 0 Å². The molecule has 1 nitrogen and oxygen atoms in total. The molecule has 0 fully saturated rings. The van der Waals surface area contributed by atoms with Gasteiger partial charge in [-0.1, -0.05) is 40.9 Å². The van der Waals surface area contributed by atoms with Gasteiger partial charge in [-0.15, -0.1) is 0 Å². The van der Waals surface area contributed by atoms with Crippen molar-refractivity contribution in [3.8, 4) is 0 Å². The van der Waals surface area contributed by atoms with Gasteiger partial charge >= 0.3 is 0 Å². The van der Waals surface area contributed by atoms with E-state index in [1.165, 1.54) is 0 Å². The first-order valence-corrected chi connectivity index (χ1v) is 6.73. The van der Waals surface area contributed by atoms with Crippen LogP contribution in [0, 0.1) is 20.8 Å². The number of halogens is 2. The van der Waals surface area contributed by atoms with Crippen molar-refractivity contribution < 1.29 is 4.79 Å². The molecule has 2 aromatic carbocycles. The van der Waals surface area contributed by atoms with E-state index in [0.29, 0.717) is 15.6 Å². The van der Waals surface area contributed by atoms with Crippen LogP contribution in [0.4, 0.5) is 0 Å². The summed E-state index contributed by atoms with van der Waals surface area (Å²) in [5.74, 6) is -0.0198. The Hall–Kier alpha value is -1.31. The van der Waals surface area contributed by atoms with Crippen molar-refractivity contribution in [2.75, 3.05) is 0 Å². The smallest absolute Gasteiger partial charge is 0.193 e. The lowest BCUT2D eigenvalue weighted by molar-refractivity contribution is 0.103. The van der Waals surface area contributed by atoms with Crippen LogP contribution in [0.25, 0.3) is 0 Å². The molecule has 0 radical (unpaired) electrons. The molecule has 0 amide bonds. The lowest BCUT2D eigenvalue weighted by atomic mass is 9.93. The van der Waals surface area contributed by atoms with Crippen LogP contribution in [0.3, 0.4) is 0 Å². The van der Waals surface area contributed by atoms with E-state index >= 15 is 0 Å². The first kappa shape index (κ1) is 14.1. The zero-order chi connectivity index (χ0) is 14.2. The summed E-state index contributed by atoms with van der Waals surface area (Å²) in [5.41, 5.74) is 4.41. The highest BCUT2D eigenvalue weighted by molar-refractivity contribution is 6.42. The van der Waals surface area contributed by atoms with Gasteiger partial charge in [0.05, 0.1) is 10.0 Å². The molecule has 0 N–H and O–H groups in total. The highest BCUT2D eigenvalue weighted by Crippen LogP contribution is 2.26. The average Bonchev–Trinajstić information content (AvgIpc) is 2.31. The molecule has 2 aromatic rings. The summed E-state index contributed by atoms with van der Waals surface area (Å²) < 4.78 is 0. The molecular formula is C16H14Cl2O. The number of aryl methyl sites for hydroxylation is 3. The van der Waals surface area contributed by atoms with Crippen molar-refractivity contribution in [2.24, 2.45) is 0 Å². The average molecular weight is 293 g/mol. The van der Waals surface area contributed by atoms with Crippen LogP contribution in [-0.4, -0.2) is 5.78 Å². The topological polar surface area (TPSA) is 17.1 Å². The third-order valence-corrected chi connectivity index (χ3v) is 3.82. The second-order valence-corrected chi connectivity index (χ2v) is 5.55. The van der Waals surface area contributed by atoms with Crippen molar-refractivity contribution in [2.45, 2.75) is 20.8 Å². The van der Waals surface area contributed by atoms with Gasteiger partial charge < -0.3 is 0 Å². The Morgan fingerprint density at radius 3 is 2.00 bits per heavy atom. The van der Waals surface area contributed by atoms with Gasteiger partial charge in [-0.25, -0.2) is 0 Å². The van der Waals surface area contributed by atoms with Crippen LogP contribution < -0.4 is 0 Å². The quantitative estimate of drug-likeness (QED) is 0.700. The number of hydrogen-bond donors (Lipinski definition) is 0. The highest BCUT2D eigenvalue weighted by atomic mass is 35.5. The molecule has 0 atom stereocenters. The first-order chi connectivity index (χ1) is 8.90. The zero-order valence-corrected chi connectivity index (χ0v) is 12.6. The van der Waals surface area contributed by atoms with E-state index in [1.54, 1.807) is 18.2 Å². The Morgan fingerprint density at radius 1 is 0.895 bits per heavy atom. The molecule has 0 saturated heterocycles. The number of benzene rings is 2. The number of carbonyl (C=O) groups is 1. The Bertz CT molecular complexity index is 637. The van der Waals surface area contributed by atoms with Gasteiger partial charge in [0.25, 0.3) is 0 Å². The maximum absolute atomic E-state index is 12.6. The van der Waals surface area contributed by atoms with Crippen LogP contribution in [0.1, 0.15) is 32.6 Å². The van der Waals surface area contributed by atoms with Crippen molar-refractivity contribution in [3.05, 3.63) is 68.2 Å². The number of hydrogen-bond acceptors (Lipinski definition) is 1. The molecule has 0 unspecified atom stereocenters. The third kappa shape index (κ3) is 2.83. The summed E-state index contributed by atoms with van der Waals surface area (Å²) in [5, 5.41) is 0.852. The lowest BCUT2D eigenvalue weighted by Crippen LogP contribution is -2.06. The van der Waals surface area contributed by atoms with E-state index in [-0.39, 0.29) is 5.78 Å². The third-order valence-electron chi connectivity index (χ3n) is 3.09. The van der Waals surface area contributed by atoms with Gasteiger partial charge in [0.15, 0.2) is 5.78 Å². The Kier molecular flexibility index (Phi) is 3.98. The Balaban J connectivity index is 2.53. The van der Waals surface area contributed by atoms with E-state index < -0.39 is 0 Å². The largest absolute Gasteiger partial charge is 0.289 e. The second-order valence-electron chi connectivity index (χ2n) is 4.73. The van der Waals surface area contributed by atoms with E-state index in [0.717, 1.165) is 22.3 Å². The predicted molar refractivity (Wildman–Crippen MR) is 80.5 cm³/mol. The fourth-order valence-electron chi connectivity index (χ4n) is 2.32. The van der Waals surface area contributed by atoms with Gasteiger partial charge in [-0.3, -0.25) is 4.79 Å². The molecule has 2 rings (SSSR count). The molecule has 19 heavy (non-hydrogen) atoms. The lowest BCUT2D eigenvalue weighted by Gasteiger charge is -2.11. The molecule has 0 aliphatic rings. The van der Waals surface area contributed by atoms with Crippen molar-refractivity contribution in [3.63, 3.8) is 0 Å². The van der Waals surface area contributed by atoms with Crippen LogP contribution in [-0.2, 0) is 0 Å². The monoisotopic (exact) mass is 292 g/mol. The molecule has 98 valence electrons. The summed E-state index contributed by atoms with van der Waals surface area (Å²) in [6, 6.07) is 8.99. The van der Waals surface area contributed by atoms with Gasteiger partial charge in [-0.05, 0) is 50.1 Å². The maximum atomic E-state index is 12.6. The molecule has 0 saturated carbocycles. The normalized spacial score (nSPS) is 10.6. The van der Waals surface area contributed by atoms with Gasteiger partial charge in [0.1, 0.15) is 0 Å². The van der Waals surface area contributed by atoms with Gasteiger partial charge in [-0.2, -0.15) is 0 Å². The molecule has 3 heteroatoms. The molecule has 0 heterocycles. The van der Waals surface area contributed by atoms with Gasteiger partial charge in [0, 0.05) is 11.1 Å². The number of rotatable bonds is 2. The zero-order valence-electron chi connectivity index (χ0n) is 11.1. The summed E-state index contributed by atoms with van der Waals surface area (Å²) in [4.78, 5) is 12.6. The minimum Gasteiger partial charge on any atom is -0.289 e. The van der Waals surface area contributed by atoms with Crippen molar-refractivity contribution >= 4 is 29.0 Å². The maximum Gasteiger partial charge on any atom is 0.193 e. The predicted octanol–water partition coefficient (Wildman–Crippen LogP) is 5.15. The molecule has 0 aliphatic carbocycles. The molecule has 0 bridgehead atoms. The van der Waals surface area contributed by atoms with Gasteiger partial charge in [0.2, 0.25) is 0 Å². The van der Waals surface area contributed by atoms with E-state index in [2.05, 4.69) is 0 Å². The molecule has 0 spiro atoms.